The molecule has 0 aliphatic heterocycles. The van der Waals surface area contributed by atoms with Crippen LogP contribution in [0.4, 0.5) is 4.39 Å². The lowest BCUT2D eigenvalue weighted by Crippen LogP contribution is -1.75. The fourth-order valence-electron chi connectivity index (χ4n) is 0.853. The van der Waals surface area contributed by atoms with Crippen LogP contribution in [0, 0.1) is 11.8 Å². The molecule has 1 rings (SSSR count). The zero-order chi connectivity index (χ0) is 9.52. The molecule has 0 aromatic heterocycles. The Morgan fingerprint density at radius 1 is 1.23 bits per heavy atom. The van der Waals surface area contributed by atoms with Gasteiger partial charge in [0.2, 0.25) is 0 Å². The largest absolute Gasteiger partial charge is 0.251 e. The van der Waals surface area contributed by atoms with Crippen molar-refractivity contribution >= 4 is 15.9 Å². The Morgan fingerprint density at radius 3 is 2.54 bits per heavy atom. The monoisotopic (exact) mass is 240 g/mol. The van der Waals surface area contributed by atoms with Crippen molar-refractivity contribution in [1.29, 1.82) is 0 Å². The average molecular weight is 241 g/mol. The average Bonchev–Trinajstić information content (AvgIpc) is 2.15. The molecule has 0 fully saturated rings. The van der Waals surface area contributed by atoms with Gasteiger partial charge < -0.3 is 0 Å². The van der Waals surface area contributed by atoms with Crippen LogP contribution in [0.3, 0.4) is 0 Å². The molecule has 0 bridgehead atoms. The van der Waals surface area contributed by atoms with Gasteiger partial charge in [-0.2, -0.15) is 0 Å². The van der Waals surface area contributed by atoms with Gasteiger partial charge in [0, 0.05) is 16.5 Å². The van der Waals surface area contributed by atoms with Crippen LogP contribution in [0.2, 0.25) is 0 Å². The van der Waals surface area contributed by atoms with Crippen LogP contribution in [0.1, 0.15) is 18.4 Å². The highest BCUT2D eigenvalue weighted by molar-refractivity contribution is 9.10. The van der Waals surface area contributed by atoms with E-state index in [4.69, 9.17) is 0 Å². The van der Waals surface area contributed by atoms with E-state index in [0.717, 1.165) is 10.0 Å². The van der Waals surface area contributed by atoms with Crippen molar-refractivity contribution in [2.24, 2.45) is 0 Å². The van der Waals surface area contributed by atoms with Crippen molar-refractivity contribution in [2.75, 3.05) is 6.67 Å². The Kier molecular flexibility index (Phi) is 4.56. The van der Waals surface area contributed by atoms with Gasteiger partial charge in [-0.1, -0.05) is 27.8 Å². The van der Waals surface area contributed by atoms with Crippen LogP contribution in [0.15, 0.2) is 28.7 Å². The zero-order valence-electron chi connectivity index (χ0n) is 7.19. The Bertz CT molecular complexity index is 305. The van der Waals surface area contributed by atoms with Crippen molar-refractivity contribution < 1.29 is 4.39 Å². The molecule has 0 unspecified atom stereocenters. The van der Waals surface area contributed by atoms with E-state index in [1.807, 2.05) is 24.3 Å². The first-order valence-corrected chi connectivity index (χ1v) is 4.92. The second-order valence-corrected chi connectivity index (χ2v) is 3.52. The molecule has 0 aliphatic carbocycles. The number of hydrogen-bond donors (Lipinski definition) is 0. The SMILES string of the molecule is FCCCC#Cc1ccc(Br)cc1. The lowest BCUT2D eigenvalue weighted by molar-refractivity contribution is 0.477. The first kappa shape index (κ1) is 10.3. The second kappa shape index (κ2) is 5.77. The van der Waals surface area contributed by atoms with E-state index in [9.17, 15) is 4.39 Å². The maximum Gasteiger partial charge on any atom is 0.0903 e. The van der Waals surface area contributed by atoms with Gasteiger partial charge in [0.05, 0.1) is 6.67 Å². The van der Waals surface area contributed by atoms with Crippen LogP contribution in [0.25, 0.3) is 0 Å². The minimum Gasteiger partial charge on any atom is -0.251 e. The van der Waals surface area contributed by atoms with Gasteiger partial charge in [0.1, 0.15) is 0 Å². The van der Waals surface area contributed by atoms with E-state index >= 15 is 0 Å². The molecule has 13 heavy (non-hydrogen) atoms. The Labute approximate surface area is 86.3 Å². The van der Waals surface area contributed by atoms with Crippen LogP contribution in [-0.4, -0.2) is 6.67 Å². The third-order valence-electron chi connectivity index (χ3n) is 1.51. The van der Waals surface area contributed by atoms with E-state index in [-0.39, 0.29) is 6.67 Å². The van der Waals surface area contributed by atoms with E-state index < -0.39 is 0 Å². The van der Waals surface area contributed by atoms with Crippen molar-refractivity contribution in [1.82, 2.24) is 0 Å². The smallest absolute Gasteiger partial charge is 0.0903 e. The summed E-state index contributed by atoms with van der Waals surface area (Å²) in [5, 5.41) is 0. The summed E-state index contributed by atoms with van der Waals surface area (Å²) >= 11 is 3.34. The predicted molar refractivity (Wildman–Crippen MR) is 56.2 cm³/mol. The minimum atomic E-state index is -0.283. The number of unbranched alkanes of at least 4 members (excludes halogenated alkanes) is 1. The Morgan fingerprint density at radius 2 is 1.92 bits per heavy atom. The van der Waals surface area contributed by atoms with Crippen molar-refractivity contribution in [3.63, 3.8) is 0 Å². The molecule has 68 valence electrons. The van der Waals surface area contributed by atoms with Gasteiger partial charge in [-0.25, -0.2) is 0 Å². The lowest BCUT2D eigenvalue weighted by Gasteiger charge is -1.89. The number of alkyl halides is 1. The van der Waals surface area contributed by atoms with E-state index in [0.29, 0.717) is 12.8 Å². The Balaban J connectivity index is 2.52. The lowest BCUT2D eigenvalue weighted by atomic mass is 10.2. The number of hydrogen-bond acceptors (Lipinski definition) is 0. The number of benzene rings is 1. The van der Waals surface area contributed by atoms with E-state index in [2.05, 4.69) is 27.8 Å². The molecule has 0 nitrogen and oxygen atoms in total. The van der Waals surface area contributed by atoms with Crippen molar-refractivity contribution in [3.05, 3.63) is 34.3 Å². The predicted octanol–water partition coefficient (Wildman–Crippen LogP) is 3.55. The summed E-state index contributed by atoms with van der Waals surface area (Å²) in [7, 11) is 0. The molecule has 1 aromatic rings. The Hall–Kier alpha value is -0.810. The van der Waals surface area contributed by atoms with Gasteiger partial charge >= 0.3 is 0 Å². The topological polar surface area (TPSA) is 0 Å². The van der Waals surface area contributed by atoms with Gasteiger partial charge in [-0.05, 0) is 30.7 Å². The molecule has 0 heterocycles. The first-order valence-electron chi connectivity index (χ1n) is 4.13. The molecule has 0 aliphatic rings. The molecule has 0 spiro atoms. The molecule has 0 saturated heterocycles. The molecule has 0 N–H and O–H groups in total. The molecule has 0 saturated carbocycles. The molecule has 0 radical (unpaired) electrons. The highest BCUT2D eigenvalue weighted by Gasteiger charge is 1.86. The summed E-state index contributed by atoms with van der Waals surface area (Å²) in [6, 6.07) is 7.76. The summed E-state index contributed by atoms with van der Waals surface area (Å²) in [4.78, 5) is 0. The van der Waals surface area contributed by atoms with Gasteiger partial charge in [0.25, 0.3) is 0 Å². The summed E-state index contributed by atoms with van der Waals surface area (Å²) in [5.74, 6) is 5.89. The fourth-order valence-corrected chi connectivity index (χ4v) is 1.12. The maximum atomic E-state index is 11.7. The zero-order valence-corrected chi connectivity index (χ0v) is 8.77. The summed E-state index contributed by atoms with van der Waals surface area (Å²) in [5.41, 5.74) is 0.974. The third-order valence-corrected chi connectivity index (χ3v) is 2.04. The molecule has 2 heteroatoms. The van der Waals surface area contributed by atoms with Gasteiger partial charge in [0.15, 0.2) is 0 Å². The molecular formula is C11H10BrF. The van der Waals surface area contributed by atoms with Crippen molar-refractivity contribution in [2.45, 2.75) is 12.8 Å². The minimum absolute atomic E-state index is 0.283. The van der Waals surface area contributed by atoms with Crippen molar-refractivity contribution in [3.8, 4) is 11.8 Å². The van der Waals surface area contributed by atoms with Crippen LogP contribution < -0.4 is 0 Å². The summed E-state index contributed by atoms with van der Waals surface area (Å²) < 4.78 is 12.7. The summed E-state index contributed by atoms with van der Waals surface area (Å²) in [6.07, 6.45) is 1.16. The number of halogens is 2. The fraction of sp³-hybridized carbons (Fsp3) is 0.273. The number of rotatable bonds is 2. The van der Waals surface area contributed by atoms with E-state index in [1.165, 1.54) is 0 Å². The van der Waals surface area contributed by atoms with Crippen LogP contribution in [-0.2, 0) is 0 Å². The highest BCUT2D eigenvalue weighted by Crippen LogP contribution is 2.09. The first-order chi connectivity index (χ1) is 6.33. The van der Waals surface area contributed by atoms with E-state index in [1.54, 1.807) is 0 Å². The third kappa shape index (κ3) is 4.10. The van der Waals surface area contributed by atoms with Gasteiger partial charge in [-0.3, -0.25) is 4.39 Å². The molecule has 1 aromatic carbocycles. The van der Waals surface area contributed by atoms with Gasteiger partial charge in [-0.15, -0.1) is 0 Å². The molecule has 0 atom stereocenters. The summed E-state index contributed by atoms with van der Waals surface area (Å²) in [6.45, 7) is -0.283. The second-order valence-electron chi connectivity index (χ2n) is 2.60. The quantitative estimate of drug-likeness (QED) is 0.548. The van der Waals surface area contributed by atoms with Crippen LogP contribution >= 0.6 is 15.9 Å². The maximum absolute atomic E-state index is 11.7. The highest BCUT2D eigenvalue weighted by atomic mass is 79.9. The standard InChI is InChI=1S/C11H10BrF/c12-11-7-5-10(6-8-11)4-2-1-3-9-13/h5-8H,1,3,9H2. The normalized spacial score (nSPS) is 9.08. The van der Waals surface area contributed by atoms with Crippen LogP contribution in [0.5, 0.6) is 0 Å². The molecular weight excluding hydrogens is 231 g/mol. The molecule has 0 amide bonds.